The van der Waals surface area contributed by atoms with Crippen LogP contribution < -0.4 is 10.2 Å². The number of esters is 1. The molecule has 4 rings (SSSR count). The maximum atomic E-state index is 13.6. The van der Waals surface area contributed by atoms with Gasteiger partial charge in [0.1, 0.15) is 0 Å². The highest BCUT2D eigenvalue weighted by Crippen LogP contribution is 2.44. The predicted molar refractivity (Wildman–Crippen MR) is 113 cm³/mol. The first-order valence-electron chi connectivity index (χ1n) is 10.1. The zero-order chi connectivity index (χ0) is 21.3. The number of benzene rings is 2. The quantitative estimate of drug-likeness (QED) is 0.595. The van der Waals surface area contributed by atoms with Gasteiger partial charge in [-0.05, 0) is 43.2 Å². The van der Waals surface area contributed by atoms with Crippen molar-refractivity contribution in [2.45, 2.75) is 43.7 Å². The highest BCUT2D eigenvalue weighted by molar-refractivity contribution is 6.31. The lowest BCUT2D eigenvalue weighted by Crippen LogP contribution is -2.55. The molecule has 2 aliphatic rings. The summed E-state index contributed by atoms with van der Waals surface area (Å²) in [4.78, 5) is 41.2. The van der Waals surface area contributed by atoms with Gasteiger partial charge in [-0.1, -0.05) is 49.1 Å². The Morgan fingerprint density at radius 1 is 1.10 bits per heavy atom. The lowest BCUT2D eigenvalue weighted by atomic mass is 9.91. The topological polar surface area (TPSA) is 75.7 Å². The molecule has 2 amide bonds. The highest BCUT2D eigenvalue weighted by atomic mass is 35.5. The minimum atomic E-state index is -2.11. The molecule has 1 saturated carbocycles. The van der Waals surface area contributed by atoms with E-state index in [0.717, 1.165) is 32.1 Å². The molecular formula is C23H23ClN2O4. The molecule has 0 bridgehead atoms. The first kappa shape index (κ1) is 20.4. The number of nitrogens with one attached hydrogen (secondary N) is 1. The summed E-state index contributed by atoms with van der Waals surface area (Å²) in [6.45, 7) is 0. The lowest BCUT2D eigenvalue weighted by Gasteiger charge is -2.30. The van der Waals surface area contributed by atoms with Crippen molar-refractivity contribution in [1.29, 1.82) is 0 Å². The Balaban J connectivity index is 1.77. The van der Waals surface area contributed by atoms with Crippen LogP contribution in [0, 0.1) is 0 Å². The smallest absolute Gasteiger partial charge is 0.340 e. The number of rotatable bonds is 4. The number of amides is 2. The van der Waals surface area contributed by atoms with Crippen molar-refractivity contribution < 1.29 is 19.1 Å². The van der Waals surface area contributed by atoms with Crippen LogP contribution in [0.2, 0.25) is 5.02 Å². The Hall–Kier alpha value is -2.86. The fourth-order valence-corrected chi connectivity index (χ4v) is 4.39. The third kappa shape index (κ3) is 3.45. The summed E-state index contributed by atoms with van der Waals surface area (Å²) < 4.78 is 5.75. The van der Waals surface area contributed by atoms with Crippen LogP contribution in [0.25, 0.3) is 0 Å². The molecule has 1 heterocycles. The molecule has 1 unspecified atom stereocenters. The second kappa shape index (κ2) is 8.11. The van der Waals surface area contributed by atoms with E-state index in [2.05, 4.69) is 5.32 Å². The fraction of sp³-hybridized carbons (Fsp3) is 0.348. The summed E-state index contributed by atoms with van der Waals surface area (Å²) in [5.74, 6) is -1.99. The zero-order valence-electron chi connectivity index (χ0n) is 16.7. The van der Waals surface area contributed by atoms with Crippen LogP contribution in [0.1, 0.15) is 48.0 Å². The number of hydrogen-bond acceptors (Lipinski definition) is 4. The van der Waals surface area contributed by atoms with E-state index in [1.54, 1.807) is 49.5 Å². The largest absolute Gasteiger partial charge is 0.430 e. The van der Waals surface area contributed by atoms with Crippen molar-refractivity contribution in [2.75, 3.05) is 11.9 Å². The van der Waals surface area contributed by atoms with E-state index >= 15 is 0 Å². The van der Waals surface area contributed by atoms with E-state index in [0.29, 0.717) is 10.7 Å². The zero-order valence-corrected chi connectivity index (χ0v) is 17.4. The average molecular weight is 427 g/mol. The summed E-state index contributed by atoms with van der Waals surface area (Å²) >= 11 is 6.19. The van der Waals surface area contributed by atoms with Crippen LogP contribution in [-0.2, 0) is 19.9 Å². The van der Waals surface area contributed by atoms with Gasteiger partial charge in [0, 0.05) is 23.7 Å². The van der Waals surface area contributed by atoms with Crippen molar-refractivity contribution >= 4 is 35.1 Å². The van der Waals surface area contributed by atoms with Gasteiger partial charge in [-0.25, -0.2) is 4.79 Å². The Labute approximate surface area is 180 Å². The SMILES string of the molecule is CN1C(=O)C(OC(=O)c2ccccc2)(C(=O)NC2CCCCC2)c2cc(Cl)ccc21. The number of anilines is 1. The summed E-state index contributed by atoms with van der Waals surface area (Å²) in [7, 11) is 1.56. The van der Waals surface area contributed by atoms with E-state index in [-0.39, 0.29) is 17.2 Å². The second-order valence-corrected chi connectivity index (χ2v) is 8.21. The van der Waals surface area contributed by atoms with Gasteiger partial charge in [0.05, 0.1) is 11.3 Å². The molecule has 30 heavy (non-hydrogen) atoms. The van der Waals surface area contributed by atoms with Crippen LogP contribution in [0.3, 0.4) is 0 Å². The number of likely N-dealkylation sites (N-methyl/N-ethyl adjacent to an activating group) is 1. The predicted octanol–water partition coefficient (Wildman–Crippen LogP) is 3.82. The van der Waals surface area contributed by atoms with Gasteiger partial charge in [0.15, 0.2) is 0 Å². The number of halogens is 1. The van der Waals surface area contributed by atoms with Crippen LogP contribution in [0.4, 0.5) is 5.69 Å². The van der Waals surface area contributed by atoms with Crippen LogP contribution in [-0.4, -0.2) is 30.9 Å². The summed E-state index contributed by atoms with van der Waals surface area (Å²) in [6.07, 6.45) is 4.82. The number of carbonyl (C=O) groups excluding carboxylic acids is 3. The van der Waals surface area contributed by atoms with Gasteiger partial charge in [-0.2, -0.15) is 0 Å². The summed E-state index contributed by atoms with van der Waals surface area (Å²) in [5.41, 5.74) is -1.09. The van der Waals surface area contributed by atoms with E-state index in [1.165, 1.54) is 11.0 Å². The minimum absolute atomic E-state index is 0.0557. The molecule has 1 atom stereocenters. The van der Waals surface area contributed by atoms with Crippen LogP contribution in [0.5, 0.6) is 0 Å². The molecular weight excluding hydrogens is 404 g/mol. The molecule has 0 spiro atoms. The Bertz CT molecular complexity index is 988. The van der Waals surface area contributed by atoms with Crippen molar-refractivity contribution in [2.24, 2.45) is 0 Å². The molecule has 1 aliphatic carbocycles. The van der Waals surface area contributed by atoms with Crippen molar-refractivity contribution in [1.82, 2.24) is 5.32 Å². The van der Waals surface area contributed by atoms with Gasteiger partial charge in [-0.15, -0.1) is 0 Å². The maximum Gasteiger partial charge on any atom is 0.340 e. The molecule has 6 nitrogen and oxygen atoms in total. The van der Waals surface area contributed by atoms with E-state index < -0.39 is 23.4 Å². The summed E-state index contributed by atoms with van der Waals surface area (Å²) in [6, 6.07) is 13.1. The van der Waals surface area contributed by atoms with Gasteiger partial charge in [0.25, 0.3) is 17.4 Å². The number of nitrogens with zero attached hydrogens (tertiary/aromatic N) is 1. The molecule has 7 heteroatoms. The third-order valence-corrected chi connectivity index (χ3v) is 6.06. The number of fused-ring (bicyclic) bond motifs is 1. The molecule has 1 N–H and O–H groups in total. The Morgan fingerprint density at radius 3 is 2.50 bits per heavy atom. The van der Waals surface area contributed by atoms with Crippen molar-refractivity contribution in [3.63, 3.8) is 0 Å². The average Bonchev–Trinajstić information content (AvgIpc) is 2.97. The normalized spacial score (nSPS) is 21.3. The van der Waals surface area contributed by atoms with Crippen LogP contribution in [0.15, 0.2) is 48.5 Å². The maximum absolute atomic E-state index is 13.6. The van der Waals surface area contributed by atoms with Gasteiger partial charge < -0.3 is 15.0 Å². The monoisotopic (exact) mass is 426 g/mol. The summed E-state index contributed by atoms with van der Waals surface area (Å²) in [5, 5.41) is 3.31. The Morgan fingerprint density at radius 2 is 1.80 bits per heavy atom. The van der Waals surface area contributed by atoms with E-state index in [4.69, 9.17) is 16.3 Å². The number of hydrogen-bond donors (Lipinski definition) is 1. The number of ether oxygens (including phenoxy) is 1. The standard InChI is InChI=1S/C23H23ClN2O4/c1-26-19-13-12-16(24)14-18(19)23(22(26)29,21(28)25-17-10-6-3-7-11-17)30-20(27)15-8-4-2-5-9-15/h2,4-5,8-9,12-14,17H,3,6-7,10-11H2,1H3,(H,25,28). The highest BCUT2D eigenvalue weighted by Gasteiger charge is 2.59. The number of carbonyl (C=O) groups is 3. The van der Waals surface area contributed by atoms with Gasteiger partial charge in [-0.3, -0.25) is 9.59 Å². The first-order valence-corrected chi connectivity index (χ1v) is 10.5. The van der Waals surface area contributed by atoms with E-state index in [1.807, 2.05) is 0 Å². The Kier molecular flexibility index (Phi) is 5.52. The fourth-order valence-electron chi connectivity index (χ4n) is 4.21. The van der Waals surface area contributed by atoms with Crippen molar-refractivity contribution in [3.8, 4) is 0 Å². The third-order valence-electron chi connectivity index (χ3n) is 5.82. The molecule has 0 aromatic heterocycles. The molecule has 2 aromatic carbocycles. The second-order valence-electron chi connectivity index (χ2n) is 7.77. The van der Waals surface area contributed by atoms with Gasteiger partial charge >= 0.3 is 5.97 Å². The van der Waals surface area contributed by atoms with Crippen molar-refractivity contribution in [3.05, 3.63) is 64.7 Å². The van der Waals surface area contributed by atoms with Gasteiger partial charge in [0.2, 0.25) is 0 Å². The molecule has 0 saturated heterocycles. The first-order chi connectivity index (χ1) is 14.4. The molecule has 156 valence electrons. The minimum Gasteiger partial charge on any atom is -0.430 e. The lowest BCUT2D eigenvalue weighted by molar-refractivity contribution is -0.153. The van der Waals surface area contributed by atoms with Crippen LogP contribution >= 0.6 is 11.6 Å². The molecule has 1 aliphatic heterocycles. The molecule has 1 fully saturated rings. The molecule has 2 aromatic rings. The molecule has 0 radical (unpaired) electrons. The van der Waals surface area contributed by atoms with E-state index in [9.17, 15) is 14.4 Å².